The number of aliphatic hydroxyl groups excluding tert-OH is 1. The third kappa shape index (κ3) is 5.02. The Balaban J connectivity index is 2.51. The zero-order chi connectivity index (χ0) is 13.4. The molecule has 0 saturated carbocycles. The summed E-state index contributed by atoms with van der Waals surface area (Å²) in [5.74, 6) is -0.184. The summed E-state index contributed by atoms with van der Waals surface area (Å²) in [4.78, 5) is 0. The number of halogens is 1. The Bertz CT molecular complexity index is 358. The molecule has 0 spiro atoms. The maximum absolute atomic E-state index is 13.7. The summed E-state index contributed by atoms with van der Waals surface area (Å²) >= 11 is 0. The fourth-order valence-electron chi connectivity index (χ4n) is 1.48. The quantitative estimate of drug-likeness (QED) is 0.701. The van der Waals surface area contributed by atoms with Crippen molar-refractivity contribution in [3.8, 4) is 5.75 Å². The number of hydrogen-bond acceptors (Lipinski definition) is 3. The summed E-state index contributed by atoms with van der Waals surface area (Å²) in [6, 6.07) is 4.91. The van der Waals surface area contributed by atoms with Crippen molar-refractivity contribution in [2.24, 2.45) is 0 Å². The fourth-order valence-corrected chi connectivity index (χ4v) is 1.48. The van der Waals surface area contributed by atoms with Crippen molar-refractivity contribution in [3.63, 3.8) is 0 Å². The van der Waals surface area contributed by atoms with Gasteiger partial charge in [-0.3, -0.25) is 0 Å². The van der Waals surface area contributed by atoms with E-state index in [4.69, 9.17) is 4.74 Å². The molecule has 0 heterocycles. The Kier molecular flexibility index (Phi) is 6.68. The fraction of sp³-hybridized carbons (Fsp3) is 0.571. The second-order valence-electron chi connectivity index (χ2n) is 4.31. The van der Waals surface area contributed by atoms with Crippen molar-refractivity contribution >= 4 is 0 Å². The molecule has 18 heavy (non-hydrogen) atoms. The maximum Gasteiger partial charge on any atom is 0.165 e. The van der Waals surface area contributed by atoms with Crippen LogP contribution in [-0.2, 0) is 6.54 Å². The Morgan fingerprint density at radius 1 is 1.39 bits per heavy atom. The second-order valence-corrected chi connectivity index (χ2v) is 4.31. The van der Waals surface area contributed by atoms with E-state index in [1.165, 1.54) is 6.07 Å². The van der Waals surface area contributed by atoms with Gasteiger partial charge in [-0.15, -0.1) is 0 Å². The summed E-state index contributed by atoms with van der Waals surface area (Å²) in [7, 11) is 0. The molecular formula is C14H22FNO2. The molecule has 0 bridgehead atoms. The standard InChI is InChI=1S/C14H22FNO2/c1-3-7-16-9-11-5-6-14(13(15)8-11)18-10-12(17)4-2/h5-6,8,12,16-17H,3-4,7,9-10H2,1-2H3. The van der Waals surface area contributed by atoms with Crippen molar-refractivity contribution in [3.05, 3.63) is 29.6 Å². The van der Waals surface area contributed by atoms with Crippen LogP contribution in [-0.4, -0.2) is 24.4 Å². The summed E-state index contributed by atoms with van der Waals surface area (Å²) in [6.07, 6.45) is 1.11. The minimum absolute atomic E-state index is 0.126. The molecule has 0 aliphatic rings. The normalized spacial score (nSPS) is 12.4. The minimum atomic E-state index is -0.546. The highest BCUT2D eigenvalue weighted by atomic mass is 19.1. The molecule has 0 aliphatic heterocycles. The van der Waals surface area contributed by atoms with Gasteiger partial charge in [-0.2, -0.15) is 0 Å². The highest BCUT2D eigenvalue weighted by Gasteiger charge is 2.07. The lowest BCUT2D eigenvalue weighted by molar-refractivity contribution is 0.102. The molecule has 1 aromatic rings. The van der Waals surface area contributed by atoms with Crippen LogP contribution in [0.15, 0.2) is 18.2 Å². The number of ether oxygens (including phenoxy) is 1. The van der Waals surface area contributed by atoms with E-state index in [-0.39, 0.29) is 18.2 Å². The van der Waals surface area contributed by atoms with Crippen LogP contribution in [0.4, 0.5) is 4.39 Å². The van der Waals surface area contributed by atoms with Gasteiger partial charge in [-0.05, 0) is 37.1 Å². The Hall–Kier alpha value is -1.13. The molecule has 0 saturated heterocycles. The Morgan fingerprint density at radius 2 is 2.17 bits per heavy atom. The number of hydrogen-bond donors (Lipinski definition) is 2. The van der Waals surface area contributed by atoms with E-state index in [1.807, 2.05) is 13.0 Å². The van der Waals surface area contributed by atoms with Gasteiger partial charge in [0.05, 0.1) is 6.10 Å². The number of benzene rings is 1. The molecule has 0 radical (unpaired) electrons. The van der Waals surface area contributed by atoms with E-state index < -0.39 is 6.10 Å². The highest BCUT2D eigenvalue weighted by molar-refractivity contribution is 5.29. The van der Waals surface area contributed by atoms with Gasteiger partial charge in [0.25, 0.3) is 0 Å². The minimum Gasteiger partial charge on any atom is -0.488 e. The summed E-state index contributed by atoms with van der Waals surface area (Å²) in [6.45, 7) is 5.64. The van der Waals surface area contributed by atoms with E-state index in [9.17, 15) is 9.50 Å². The van der Waals surface area contributed by atoms with Gasteiger partial charge in [0.1, 0.15) is 6.61 Å². The van der Waals surface area contributed by atoms with E-state index in [1.54, 1.807) is 6.07 Å². The molecule has 0 aromatic heterocycles. The van der Waals surface area contributed by atoms with Crippen LogP contribution in [0.3, 0.4) is 0 Å². The first-order valence-electron chi connectivity index (χ1n) is 6.47. The van der Waals surface area contributed by atoms with Gasteiger partial charge in [0.15, 0.2) is 11.6 Å². The monoisotopic (exact) mass is 255 g/mol. The van der Waals surface area contributed by atoms with Crippen LogP contribution in [0, 0.1) is 5.82 Å². The predicted molar refractivity (Wildman–Crippen MR) is 70.2 cm³/mol. The molecule has 1 aromatic carbocycles. The van der Waals surface area contributed by atoms with Crippen LogP contribution in [0.5, 0.6) is 5.75 Å². The largest absolute Gasteiger partial charge is 0.488 e. The van der Waals surface area contributed by atoms with Crippen LogP contribution in [0.2, 0.25) is 0 Å². The molecule has 0 fully saturated rings. The molecule has 1 atom stereocenters. The van der Waals surface area contributed by atoms with Gasteiger partial charge >= 0.3 is 0 Å². The Labute approximate surface area is 108 Å². The van der Waals surface area contributed by atoms with Gasteiger partial charge in [0.2, 0.25) is 0 Å². The number of aliphatic hydroxyl groups is 1. The zero-order valence-electron chi connectivity index (χ0n) is 11.1. The molecule has 1 rings (SSSR count). The first-order valence-corrected chi connectivity index (χ1v) is 6.47. The van der Waals surface area contributed by atoms with Crippen LogP contribution < -0.4 is 10.1 Å². The van der Waals surface area contributed by atoms with E-state index in [0.717, 1.165) is 18.5 Å². The lowest BCUT2D eigenvalue weighted by atomic mass is 10.2. The molecular weight excluding hydrogens is 233 g/mol. The average Bonchev–Trinajstić information content (AvgIpc) is 2.37. The zero-order valence-corrected chi connectivity index (χ0v) is 11.1. The van der Waals surface area contributed by atoms with Gasteiger partial charge in [0, 0.05) is 6.54 Å². The molecule has 2 N–H and O–H groups in total. The van der Waals surface area contributed by atoms with Crippen molar-refractivity contribution in [2.45, 2.75) is 39.3 Å². The molecule has 0 amide bonds. The lowest BCUT2D eigenvalue weighted by Gasteiger charge is -2.12. The third-order valence-electron chi connectivity index (χ3n) is 2.65. The molecule has 4 heteroatoms. The van der Waals surface area contributed by atoms with E-state index in [2.05, 4.69) is 12.2 Å². The van der Waals surface area contributed by atoms with Gasteiger partial charge in [-0.25, -0.2) is 4.39 Å². The first-order chi connectivity index (χ1) is 8.67. The number of rotatable bonds is 8. The van der Waals surface area contributed by atoms with Crippen molar-refractivity contribution < 1.29 is 14.2 Å². The first kappa shape index (κ1) is 14.9. The van der Waals surface area contributed by atoms with Crippen LogP contribution >= 0.6 is 0 Å². The molecule has 0 aliphatic carbocycles. The molecule has 102 valence electrons. The van der Waals surface area contributed by atoms with E-state index >= 15 is 0 Å². The van der Waals surface area contributed by atoms with Gasteiger partial charge in [-0.1, -0.05) is 19.9 Å². The molecule has 3 nitrogen and oxygen atoms in total. The Morgan fingerprint density at radius 3 is 2.78 bits per heavy atom. The van der Waals surface area contributed by atoms with Crippen molar-refractivity contribution in [2.75, 3.05) is 13.2 Å². The maximum atomic E-state index is 13.7. The summed E-state index contributed by atoms with van der Waals surface area (Å²) < 4.78 is 18.9. The lowest BCUT2D eigenvalue weighted by Crippen LogP contribution is -2.17. The van der Waals surface area contributed by atoms with Crippen LogP contribution in [0.1, 0.15) is 32.3 Å². The molecule has 1 unspecified atom stereocenters. The average molecular weight is 255 g/mol. The predicted octanol–water partition coefficient (Wildman–Crippen LogP) is 2.48. The van der Waals surface area contributed by atoms with E-state index in [0.29, 0.717) is 13.0 Å². The summed E-state index contributed by atoms with van der Waals surface area (Å²) in [5, 5.41) is 12.6. The third-order valence-corrected chi connectivity index (χ3v) is 2.65. The highest BCUT2D eigenvalue weighted by Crippen LogP contribution is 2.18. The second kappa shape index (κ2) is 8.06. The van der Waals surface area contributed by atoms with Crippen molar-refractivity contribution in [1.82, 2.24) is 5.32 Å². The van der Waals surface area contributed by atoms with Crippen molar-refractivity contribution in [1.29, 1.82) is 0 Å². The SMILES string of the molecule is CCCNCc1ccc(OCC(O)CC)c(F)c1. The summed E-state index contributed by atoms with van der Waals surface area (Å²) in [5.41, 5.74) is 0.893. The van der Waals surface area contributed by atoms with Crippen LogP contribution in [0.25, 0.3) is 0 Å². The van der Waals surface area contributed by atoms with Gasteiger partial charge < -0.3 is 15.2 Å². The topological polar surface area (TPSA) is 41.5 Å². The number of nitrogens with one attached hydrogen (secondary N) is 1. The smallest absolute Gasteiger partial charge is 0.165 e.